The van der Waals surface area contributed by atoms with Gasteiger partial charge in [0.1, 0.15) is 0 Å². The number of rotatable bonds is 8. The second kappa shape index (κ2) is 6.83. The maximum atomic E-state index is 11.2. The number of epoxide rings is 1. The van der Waals surface area contributed by atoms with Crippen molar-refractivity contribution in [2.75, 3.05) is 6.61 Å². The van der Waals surface area contributed by atoms with E-state index in [9.17, 15) is 4.79 Å². The summed E-state index contributed by atoms with van der Waals surface area (Å²) in [6.07, 6.45) is 7.20. The van der Waals surface area contributed by atoms with Crippen molar-refractivity contribution in [3.05, 3.63) is 0 Å². The number of carbonyl (C=O) groups is 1. The van der Waals surface area contributed by atoms with E-state index in [1.807, 2.05) is 6.92 Å². The van der Waals surface area contributed by atoms with Crippen LogP contribution in [-0.4, -0.2) is 24.8 Å². The van der Waals surface area contributed by atoms with Crippen molar-refractivity contribution in [1.82, 2.24) is 0 Å². The zero-order chi connectivity index (χ0) is 11.1. The van der Waals surface area contributed by atoms with Gasteiger partial charge in [-0.2, -0.15) is 0 Å². The predicted molar refractivity (Wildman–Crippen MR) is 58.7 cm³/mol. The third-order valence-electron chi connectivity index (χ3n) is 2.69. The molecule has 0 N–H and O–H groups in total. The molecule has 3 heteroatoms. The Labute approximate surface area is 92.1 Å². The first-order valence-electron chi connectivity index (χ1n) is 6.11. The molecule has 1 rings (SSSR count). The molecule has 3 nitrogen and oxygen atoms in total. The first-order valence-corrected chi connectivity index (χ1v) is 6.11. The van der Waals surface area contributed by atoms with E-state index < -0.39 is 0 Å². The van der Waals surface area contributed by atoms with Crippen LogP contribution in [-0.2, 0) is 14.3 Å². The van der Waals surface area contributed by atoms with Gasteiger partial charge in [-0.1, -0.05) is 39.0 Å². The van der Waals surface area contributed by atoms with Gasteiger partial charge in [-0.15, -0.1) is 0 Å². The molecule has 1 fully saturated rings. The molecule has 0 unspecified atom stereocenters. The lowest BCUT2D eigenvalue weighted by Gasteiger charge is -1.98. The molecule has 15 heavy (non-hydrogen) atoms. The van der Waals surface area contributed by atoms with Crippen molar-refractivity contribution >= 4 is 5.97 Å². The van der Waals surface area contributed by atoms with Crippen molar-refractivity contribution < 1.29 is 14.3 Å². The first kappa shape index (κ1) is 12.5. The van der Waals surface area contributed by atoms with Crippen LogP contribution >= 0.6 is 0 Å². The third-order valence-corrected chi connectivity index (χ3v) is 2.69. The zero-order valence-corrected chi connectivity index (χ0v) is 9.83. The van der Waals surface area contributed by atoms with E-state index in [0.29, 0.717) is 6.61 Å². The van der Waals surface area contributed by atoms with Crippen LogP contribution in [0.25, 0.3) is 0 Å². The third kappa shape index (κ3) is 4.65. The highest BCUT2D eigenvalue weighted by atomic mass is 16.6. The minimum absolute atomic E-state index is 0.144. The van der Waals surface area contributed by atoms with Gasteiger partial charge in [0.05, 0.1) is 12.7 Å². The number of esters is 1. The summed E-state index contributed by atoms with van der Waals surface area (Å²) >= 11 is 0. The largest absolute Gasteiger partial charge is 0.464 e. The normalized spacial score (nSPS) is 23.9. The summed E-state index contributed by atoms with van der Waals surface area (Å²) < 4.78 is 10.1. The maximum Gasteiger partial charge on any atom is 0.337 e. The second-order valence-corrected chi connectivity index (χ2v) is 4.05. The lowest BCUT2D eigenvalue weighted by Crippen LogP contribution is -2.13. The van der Waals surface area contributed by atoms with Crippen LogP contribution < -0.4 is 0 Å². The maximum absolute atomic E-state index is 11.2. The van der Waals surface area contributed by atoms with Crippen molar-refractivity contribution in [3.63, 3.8) is 0 Å². The Morgan fingerprint density at radius 2 is 1.93 bits per heavy atom. The Morgan fingerprint density at radius 3 is 2.60 bits per heavy atom. The molecule has 0 bridgehead atoms. The highest BCUT2D eigenvalue weighted by Gasteiger charge is 2.45. The molecule has 0 aromatic carbocycles. The first-order chi connectivity index (χ1) is 7.29. The quantitative estimate of drug-likeness (QED) is 0.354. The van der Waals surface area contributed by atoms with Crippen molar-refractivity contribution in [3.8, 4) is 0 Å². The summed E-state index contributed by atoms with van der Waals surface area (Å²) in [5, 5.41) is 0. The van der Waals surface area contributed by atoms with E-state index in [0.717, 1.165) is 6.42 Å². The van der Waals surface area contributed by atoms with E-state index >= 15 is 0 Å². The van der Waals surface area contributed by atoms with Gasteiger partial charge in [0.2, 0.25) is 0 Å². The summed E-state index contributed by atoms with van der Waals surface area (Å²) in [5.41, 5.74) is 0. The molecule has 0 aromatic heterocycles. The van der Waals surface area contributed by atoms with Gasteiger partial charge in [0.15, 0.2) is 6.10 Å². The number of ether oxygens (including phenoxy) is 2. The lowest BCUT2D eigenvalue weighted by atomic mass is 10.1. The van der Waals surface area contributed by atoms with E-state index in [4.69, 9.17) is 9.47 Å². The minimum Gasteiger partial charge on any atom is -0.464 e. The molecular weight excluding hydrogens is 192 g/mol. The average molecular weight is 214 g/mol. The molecule has 1 saturated heterocycles. The van der Waals surface area contributed by atoms with E-state index in [1.165, 1.54) is 32.1 Å². The number of carbonyl (C=O) groups excluding carboxylic acids is 1. The van der Waals surface area contributed by atoms with Gasteiger partial charge in [0.25, 0.3) is 0 Å². The molecule has 0 aliphatic carbocycles. The molecule has 1 heterocycles. The van der Waals surface area contributed by atoms with Crippen molar-refractivity contribution in [2.45, 2.75) is 64.6 Å². The van der Waals surface area contributed by atoms with E-state index in [2.05, 4.69) is 6.92 Å². The Balaban J connectivity index is 1.95. The molecule has 0 radical (unpaired) electrons. The number of unbranched alkanes of at least 4 members (excludes halogenated alkanes) is 4. The second-order valence-electron chi connectivity index (χ2n) is 4.05. The van der Waals surface area contributed by atoms with Crippen LogP contribution in [0.1, 0.15) is 52.4 Å². The molecule has 0 saturated carbocycles. The van der Waals surface area contributed by atoms with Crippen LogP contribution in [0.2, 0.25) is 0 Å². The fraction of sp³-hybridized carbons (Fsp3) is 0.917. The number of hydrogen-bond acceptors (Lipinski definition) is 3. The smallest absolute Gasteiger partial charge is 0.337 e. The van der Waals surface area contributed by atoms with Crippen LogP contribution in [0.15, 0.2) is 0 Å². The molecular formula is C12H22O3. The Bertz CT molecular complexity index is 191. The van der Waals surface area contributed by atoms with Crippen LogP contribution in [0.3, 0.4) is 0 Å². The molecule has 0 amide bonds. The van der Waals surface area contributed by atoms with E-state index in [1.54, 1.807) is 0 Å². The minimum atomic E-state index is -0.254. The molecule has 2 atom stereocenters. The van der Waals surface area contributed by atoms with Gasteiger partial charge >= 0.3 is 5.97 Å². The summed E-state index contributed by atoms with van der Waals surface area (Å²) in [6, 6.07) is 0. The summed E-state index contributed by atoms with van der Waals surface area (Å²) in [5.74, 6) is -0.184. The van der Waals surface area contributed by atoms with Gasteiger partial charge < -0.3 is 9.47 Å². The standard InChI is InChI=1S/C12H22O3/c1-3-5-6-7-8-9-10-11(15-10)12(13)14-4-2/h10-11H,3-9H2,1-2H3/t10-,11+/m0/s1. The highest BCUT2D eigenvalue weighted by Crippen LogP contribution is 2.28. The van der Waals surface area contributed by atoms with Gasteiger partial charge in [-0.05, 0) is 13.3 Å². The van der Waals surface area contributed by atoms with Crippen molar-refractivity contribution in [1.29, 1.82) is 0 Å². The zero-order valence-electron chi connectivity index (χ0n) is 9.83. The Hall–Kier alpha value is -0.570. The molecule has 1 aliphatic heterocycles. The van der Waals surface area contributed by atoms with Gasteiger partial charge in [-0.3, -0.25) is 0 Å². The topological polar surface area (TPSA) is 38.8 Å². The molecule has 88 valence electrons. The SMILES string of the molecule is CCCCCCC[C@@H]1O[C@H]1C(=O)OCC. The fourth-order valence-corrected chi connectivity index (χ4v) is 1.74. The molecule has 0 spiro atoms. The van der Waals surface area contributed by atoms with Crippen molar-refractivity contribution in [2.24, 2.45) is 0 Å². The van der Waals surface area contributed by atoms with Crippen LogP contribution in [0, 0.1) is 0 Å². The Kier molecular flexibility index (Phi) is 5.69. The average Bonchev–Trinajstić information content (AvgIpc) is 2.97. The summed E-state index contributed by atoms with van der Waals surface area (Å²) in [7, 11) is 0. The van der Waals surface area contributed by atoms with Gasteiger partial charge in [0, 0.05) is 0 Å². The molecule has 1 aliphatic rings. The summed E-state index contributed by atoms with van der Waals surface area (Å²) in [4.78, 5) is 11.2. The van der Waals surface area contributed by atoms with Gasteiger partial charge in [-0.25, -0.2) is 4.79 Å². The fourth-order valence-electron chi connectivity index (χ4n) is 1.74. The summed E-state index contributed by atoms with van der Waals surface area (Å²) in [6.45, 7) is 4.47. The van der Waals surface area contributed by atoms with Crippen LogP contribution in [0.5, 0.6) is 0 Å². The predicted octanol–water partition coefficient (Wildman–Crippen LogP) is 2.68. The van der Waals surface area contributed by atoms with Crippen LogP contribution in [0.4, 0.5) is 0 Å². The highest BCUT2D eigenvalue weighted by molar-refractivity contribution is 5.77. The lowest BCUT2D eigenvalue weighted by molar-refractivity contribution is -0.144. The monoisotopic (exact) mass is 214 g/mol. The molecule has 0 aromatic rings. The Morgan fingerprint density at radius 1 is 1.20 bits per heavy atom. The van der Waals surface area contributed by atoms with E-state index in [-0.39, 0.29) is 18.2 Å². The number of hydrogen-bond donors (Lipinski definition) is 0.